The van der Waals surface area contributed by atoms with Crippen molar-refractivity contribution < 1.29 is 23.0 Å². The summed E-state index contributed by atoms with van der Waals surface area (Å²) in [5.41, 5.74) is 6.39. The highest BCUT2D eigenvalue weighted by molar-refractivity contribution is 7.91. The summed E-state index contributed by atoms with van der Waals surface area (Å²) < 4.78 is 33.8. The Morgan fingerprint density at radius 1 is 1.33 bits per heavy atom. The molecule has 21 heavy (non-hydrogen) atoms. The number of ether oxygens (including phenoxy) is 2. The average molecular weight is 317 g/mol. The Morgan fingerprint density at radius 3 is 2.71 bits per heavy atom. The van der Waals surface area contributed by atoms with Gasteiger partial charge in [-0.25, -0.2) is 8.42 Å². The monoisotopic (exact) mass is 317 g/mol. The van der Waals surface area contributed by atoms with Gasteiger partial charge >= 0.3 is 0 Å². The number of nitrogens with two attached hydrogens (primary N) is 1. The highest BCUT2D eigenvalue weighted by Crippen LogP contribution is 2.17. The van der Waals surface area contributed by atoms with Gasteiger partial charge in [-0.1, -0.05) is 18.2 Å². The van der Waals surface area contributed by atoms with Crippen molar-refractivity contribution in [2.45, 2.75) is 19.1 Å². The number of hydrogen-bond acceptors (Lipinski definition) is 6. The van der Waals surface area contributed by atoms with E-state index in [0.717, 1.165) is 5.56 Å². The molecule has 1 rings (SSSR count). The van der Waals surface area contributed by atoms with Crippen molar-refractivity contribution >= 4 is 9.84 Å². The van der Waals surface area contributed by atoms with Crippen molar-refractivity contribution in [2.24, 2.45) is 5.73 Å². The third-order valence-electron chi connectivity index (χ3n) is 2.87. The van der Waals surface area contributed by atoms with E-state index in [-0.39, 0.29) is 18.1 Å². The van der Waals surface area contributed by atoms with Crippen LogP contribution in [-0.4, -0.2) is 51.5 Å². The molecule has 0 aliphatic carbocycles. The molecule has 0 bridgehead atoms. The van der Waals surface area contributed by atoms with E-state index < -0.39 is 15.9 Å². The minimum atomic E-state index is -3.31. The Balaban J connectivity index is 2.45. The van der Waals surface area contributed by atoms with Crippen molar-refractivity contribution in [3.8, 4) is 5.75 Å². The maximum absolute atomic E-state index is 11.8. The molecule has 0 radical (unpaired) electrons. The van der Waals surface area contributed by atoms with Gasteiger partial charge in [-0.05, 0) is 12.5 Å². The maximum Gasteiger partial charge on any atom is 0.153 e. The molecule has 1 atom stereocenters. The van der Waals surface area contributed by atoms with Gasteiger partial charge in [-0.15, -0.1) is 0 Å². The Labute approximate surface area is 125 Å². The highest BCUT2D eigenvalue weighted by Gasteiger charge is 2.18. The van der Waals surface area contributed by atoms with Gasteiger partial charge in [-0.2, -0.15) is 0 Å². The zero-order chi connectivity index (χ0) is 15.7. The summed E-state index contributed by atoms with van der Waals surface area (Å²) in [6.45, 7) is 0.623. The summed E-state index contributed by atoms with van der Waals surface area (Å²) in [5.74, 6) is 0.245. The number of rotatable bonds is 10. The van der Waals surface area contributed by atoms with E-state index in [1.807, 2.05) is 12.1 Å². The number of aliphatic hydroxyl groups is 1. The van der Waals surface area contributed by atoms with Gasteiger partial charge in [0.25, 0.3) is 0 Å². The second-order valence-electron chi connectivity index (χ2n) is 4.74. The van der Waals surface area contributed by atoms with Crippen LogP contribution < -0.4 is 10.5 Å². The quantitative estimate of drug-likeness (QED) is 0.604. The highest BCUT2D eigenvalue weighted by atomic mass is 32.2. The smallest absolute Gasteiger partial charge is 0.153 e. The second kappa shape index (κ2) is 8.99. The largest absolute Gasteiger partial charge is 0.491 e. The molecule has 1 unspecified atom stereocenters. The molecule has 0 fully saturated rings. The molecule has 3 N–H and O–H groups in total. The minimum absolute atomic E-state index is 0.00269. The van der Waals surface area contributed by atoms with E-state index in [9.17, 15) is 13.5 Å². The van der Waals surface area contributed by atoms with Crippen molar-refractivity contribution in [2.75, 3.05) is 31.8 Å². The number of benzene rings is 1. The molecule has 0 aromatic heterocycles. The number of sulfone groups is 1. The summed E-state index contributed by atoms with van der Waals surface area (Å²) >= 11 is 0. The first-order chi connectivity index (χ1) is 9.98. The Kier molecular flexibility index (Phi) is 7.66. The molecular formula is C14H23NO5S. The predicted molar refractivity (Wildman–Crippen MR) is 81.0 cm³/mol. The van der Waals surface area contributed by atoms with Gasteiger partial charge < -0.3 is 20.3 Å². The Morgan fingerprint density at radius 2 is 2.05 bits per heavy atom. The van der Waals surface area contributed by atoms with Crippen LogP contribution in [-0.2, 0) is 21.1 Å². The molecule has 0 amide bonds. The normalized spacial score (nSPS) is 13.1. The number of hydrogen-bond donors (Lipinski definition) is 2. The van der Waals surface area contributed by atoms with E-state index in [1.54, 1.807) is 12.1 Å². The van der Waals surface area contributed by atoms with Gasteiger partial charge in [0.05, 0.1) is 11.5 Å². The molecule has 0 aliphatic rings. The fraction of sp³-hybridized carbons (Fsp3) is 0.571. The van der Waals surface area contributed by atoms with Crippen LogP contribution in [0.1, 0.15) is 12.0 Å². The molecule has 1 aromatic carbocycles. The average Bonchev–Trinajstić information content (AvgIpc) is 2.45. The summed E-state index contributed by atoms with van der Waals surface area (Å²) in [6.07, 6.45) is -0.647. The van der Waals surface area contributed by atoms with Crippen LogP contribution in [0.3, 0.4) is 0 Å². The van der Waals surface area contributed by atoms with E-state index in [1.165, 1.54) is 7.11 Å². The first kappa shape index (κ1) is 17.9. The SMILES string of the molecule is COCCCS(=O)(=O)CC(O)COc1ccccc1CN. The number of methoxy groups -OCH3 is 1. The zero-order valence-corrected chi connectivity index (χ0v) is 13.0. The lowest BCUT2D eigenvalue weighted by Gasteiger charge is -2.14. The van der Waals surface area contributed by atoms with Gasteiger partial charge in [0.15, 0.2) is 9.84 Å². The van der Waals surface area contributed by atoms with Gasteiger partial charge in [0, 0.05) is 25.8 Å². The van der Waals surface area contributed by atoms with Crippen LogP contribution in [0.2, 0.25) is 0 Å². The topological polar surface area (TPSA) is 98.9 Å². The van der Waals surface area contributed by atoms with Crippen molar-refractivity contribution in [1.82, 2.24) is 0 Å². The minimum Gasteiger partial charge on any atom is -0.491 e. The van der Waals surface area contributed by atoms with Crippen molar-refractivity contribution in [3.63, 3.8) is 0 Å². The molecule has 120 valence electrons. The van der Waals surface area contributed by atoms with E-state index in [4.69, 9.17) is 15.2 Å². The lowest BCUT2D eigenvalue weighted by atomic mass is 10.2. The molecule has 0 saturated heterocycles. The van der Waals surface area contributed by atoms with Crippen LogP contribution >= 0.6 is 0 Å². The van der Waals surface area contributed by atoms with Crippen LogP contribution in [0.25, 0.3) is 0 Å². The maximum atomic E-state index is 11.8. The third-order valence-corrected chi connectivity index (χ3v) is 4.68. The fourth-order valence-corrected chi connectivity index (χ4v) is 3.25. The fourth-order valence-electron chi connectivity index (χ4n) is 1.85. The predicted octanol–water partition coefficient (Wildman–Crippen LogP) is 0.336. The van der Waals surface area contributed by atoms with E-state index >= 15 is 0 Å². The molecule has 0 spiro atoms. The summed E-state index contributed by atoms with van der Waals surface area (Å²) in [5, 5.41) is 9.80. The Bertz CT molecular complexity index is 518. The lowest BCUT2D eigenvalue weighted by Crippen LogP contribution is -2.29. The molecule has 0 aliphatic heterocycles. The first-order valence-corrected chi connectivity index (χ1v) is 8.59. The number of aliphatic hydroxyl groups excluding tert-OH is 1. The zero-order valence-electron chi connectivity index (χ0n) is 12.2. The van der Waals surface area contributed by atoms with Crippen LogP contribution in [0.4, 0.5) is 0 Å². The van der Waals surface area contributed by atoms with Crippen LogP contribution in [0, 0.1) is 0 Å². The molecule has 0 heterocycles. The lowest BCUT2D eigenvalue weighted by molar-refractivity contribution is 0.124. The molecular weight excluding hydrogens is 294 g/mol. The molecule has 7 heteroatoms. The first-order valence-electron chi connectivity index (χ1n) is 6.76. The molecule has 6 nitrogen and oxygen atoms in total. The molecule has 1 aromatic rings. The van der Waals surface area contributed by atoms with Crippen molar-refractivity contribution in [3.05, 3.63) is 29.8 Å². The standard InChI is InChI=1S/C14H23NO5S/c1-19-7-4-8-21(17,18)11-13(16)10-20-14-6-3-2-5-12(14)9-15/h2-3,5-6,13,16H,4,7-11,15H2,1H3. The van der Waals surface area contributed by atoms with E-state index in [0.29, 0.717) is 25.3 Å². The summed E-state index contributed by atoms with van der Waals surface area (Å²) in [4.78, 5) is 0. The third kappa shape index (κ3) is 6.90. The van der Waals surface area contributed by atoms with E-state index in [2.05, 4.69) is 0 Å². The summed E-state index contributed by atoms with van der Waals surface area (Å²) in [6, 6.07) is 7.19. The van der Waals surface area contributed by atoms with Crippen LogP contribution in [0.15, 0.2) is 24.3 Å². The van der Waals surface area contributed by atoms with Gasteiger partial charge in [0.1, 0.15) is 18.5 Å². The van der Waals surface area contributed by atoms with Crippen molar-refractivity contribution in [1.29, 1.82) is 0 Å². The molecule has 0 saturated carbocycles. The second-order valence-corrected chi connectivity index (χ2v) is 6.97. The van der Waals surface area contributed by atoms with Gasteiger partial charge in [0.2, 0.25) is 0 Å². The van der Waals surface area contributed by atoms with Crippen LogP contribution in [0.5, 0.6) is 5.75 Å². The summed E-state index contributed by atoms with van der Waals surface area (Å²) in [7, 11) is -1.79. The van der Waals surface area contributed by atoms with Gasteiger partial charge in [-0.3, -0.25) is 0 Å². The Hall–Kier alpha value is -1.15. The number of para-hydroxylation sites is 1.